The average Bonchev–Trinajstić information content (AvgIpc) is 2.60. The lowest BCUT2D eigenvalue weighted by atomic mass is 9.98. The van der Waals surface area contributed by atoms with Crippen LogP contribution < -0.4 is 5.32 Å². The van der Waals surface area contributed by atoms with E-state index in [1.54, 1.807) is 0 Å². The lowest BCUT2D eigenvalue weighted by Gasteiger charge is -2.18. The average molecular weight is 355 g/mol. The van der Waals surface area contributed by atoms with E-state index in [0.717, 1.165) is 17.5 Å². The maximum Gasteiger partial charge on any atom is 0.407 e. The first-order valence-electron chi connectivity index (χ1n) is 8.72. The Balaban J connectivity index is 1.99. The standard InChI is InChI=1S/C21H25NO4/c1-15(2)12-16-8-10-18(11-9-16)19(13-20(23)24)22-21(25)26-14-17-6-4-3-5-7-17/h3-11,15,19H,12-14H2,1-2H3,(H,22,25)(H,23,24)/t19-/m0/s1. The van der Waals surface area contributed by atoms with Gasteiger partial charge in [0.15, 0.2) is 0 Å². The molecule has 0 unspecified atom stereocenters. The van der Waals surface area contributed by atoms with Gasteiger partial charge in [-0.1, -0.05) is 68.4 Å². The summed E-state index contributed by atoms with van der Waals surface area (Å²) in [7, 11) is 0. The van der Waals surface area contributed by atoms with Gasteiger partial charge < -0.3 is 15.2 Å². The number of hydrogen-bond donors (Lipinski definition) is 2. The Hall–Kier alpha value is -2.82. The van der Waals surface area contributed by atoms with Gasteiger partial charge in [0.2, 0.25) is 0 Å². The van der Waals surface area contributed by atoms with Crippen LogP contribution in [-0.4, -0.2) is 17.2 Å². The molecule has 0 radical (unpaired) electrons. The largest absolute Gasteiger partial charge is 0.481 e. The highest BCUT2D eigenvalue weighted by Gasteiger charge is 2.19. The topological polar surface area (TPSA) is 75.6 Å². The zero-order valence-electron chi connectivity index (χ0n) is 15.1. The van der Waals surface area contributed by atoms with Crippen LogP contribution in [0, 0.1) is 5.92 Å². The van der Waals surface area contributed by atoms with Gasteiger partial charge in [-0.15, -0.1) is 0 Å². The van der Waals surface area contributed by atoms with Crippen molar-refractivity contribution in [3.8, 4) is 0 Å². The molecule has 0 aliphatic rings. The van der Waals surface area contributed by atoms with Crippen LogP contribution in [0.3, 0.4) is 0 Å². The Morgan fingerprint density at radius 2 is 1.65 bits per heavy atom. The number of aliphatic carboxylic acids is 1. The van der Waals surface area contributed by atoms with Crippen molar-refractivity contribution in [3.63, 3.8) is 0 Å². The first-order valence-corrected chi connectivity index (χ1v) is 8.72. The molecule has 1 atom stereocenters. The van der Waals surface area contributed by atoms with Crippen molar-refractivity contribution >= 4 is 12.1 Å². The van der Waals surface area contributed by atoms with Gasteiger partial charge in [-0.3, -0.25) is 4.79 Å². The van der Waals surface area contributed by atoms with Gasteiger partial charge in [-0.25, -0.2) is 4.79 Å². The van der Waals surface area contributed by atoms with Crippen LogP contribution >= 0.6 is 0 Å². The number of nitrogens with one attached hydrogen (secondary N) is 1. The van der Waals surface area contributed by atoms with Gasteiger partial charge in [0.05, 0.1) is 12.5 Å². The highest BCUT2D eigenvalue weighted by atomic mass is 16.5. The number of amides is 1. The van der Waals surface area contributed by atoms with Gasteiger partial charge in [-0.05, 0) is 29.0 Å². The maximum atomic E-state index is 12.1. The van der Waals surface area contributed by atoms with E-state index >= 15 is 0 Å². The molecular weight excluding hydrogens is 330 g/mol. The van der Waals surface area contributed by atoms with Crippen molar-refractivity contribution in [2.45, 2.75) is 39.3 Å². The summed E-state index contributed by atoms with van der Waals surface area (Å²) < 4.78 is 5.20. The summed E-state index contributed by atoms with van der Waals surface area (Å²) in [5.41, 5.74) is 2.80. The lowest BCUT2D eigenvalue weighted by Crippen LogP contribution is -2.30. The summed E-state index contributed by atoms with van der Waals surface area (Å²) in [6.07, 6.45) is 0.117. The summed E-state index contributed by atoms with van der Waals surface area (Å²) in [5.74, 6) is -0.439. The summed E-state index contributed by atoms with van der Waals surface area (Å²) in [5, 5.41) is 11.8. The molecule has 0 heterocycles. The summed E-state index contributed by atoms with van der Waals surface area (Å²) in [6.45, 7) is 4.43. The van der Waals surface area contributed by atoms with E-state index in [9.17, 15) is 9.59 Å². The second-order valence-corrected chi connectivity index (χ2v) is 6.70. The fourth-order valence-electron chi connectivity index (χ4n) is 2.69. The zero-order chi connectivity index (χ0) is 18.9. The number of carboxylic acid groups (broad SMARTS) is 1. The van der Waals surface area contributed by atoms with Crippen molar-refractivity contribution in [1.29, 1.82) is 0 Å². The van der Waals surface area contributed by atoms with Crippen LogP contribution in [0.4, 0.5) is 4.79 Å². The minimum absolute atomic E-state index is 0.139. The normalized spacial score (nSPS) is 11.8. The number of hydrogen-bond acceptors (Lipinski definition) is 3. The molecule has 26 heavy (non-hydrogen) atoms. The van der Waals surface area contributed by atoms with Crippen molar-refractivity contribution in [2.75, 3.05) is 0 Å². The monoisotopic (exact) mass is 355 g/mol. The van der Waals surface area contributed by atoms with E-state index in [-0.39, 0.29) is 13.0 Å². The maximum absolute atomic E-state index is 12.1. The van der Waals surface area contributed by atoms with Gasteiger partial charge in [0, 0.05) is 0 Å². The van der Waals surface area contributed by atoms with Crippen LogP contribution in [0.1, 0.15) is 43.0 Å². The van der Waals surface area contributed by atoms with E-state index in [0.29, 0.717) is 5.92 Å². The van der Waals surface area contributed by atoms with E-state index in [1.807, 2.05) is 54.6 Å². The van der Waals surface area contributed by atoms with E-state index in [2.05, 4.69) is 19.2 Å². The quantitative estimate of drug-likeness (QED) is 0.739. The Morgan fingerprint density at radius 1 is 1.00 bits per heavy atom. The Morgan fingerprint density at radius 3 is 2.23 bits per heavy atom. The number of alkyl carbamates (subject to hydrolysis) is 1. The molecule has 0 fully saturated rings. The molecule has 0 spiro atoms. The van der Waals surface area contributed by atoms with Crippen molar-refractivity contribution in [3.05, 3.63) is 71.3 Å². The van der Waals surface area contributed by atoms with E-state index in [1.165, 1.54) is 5.56 Å². The molecule has 2 aromatic carbocycles. The molecule has 2 rings (SSSR count). The third-order valence-electron chi connectivity index (χ3n) is 3.91. The molecule has 0 saturated carbocycles. The number of carbonyl (C=O) groups excluding carboxylic acids is 1. The Labute approximate surface area is 154 Å². The van der Waals surface area contributed by atoms with Gasteiger partial charge in [0.1, 0.15) is 6.61 Å². The van der Waals surface area contributed by atoms with E-state index < -0.39 is 18.1 Å². The van der Waals surface area contributed by atoms with Crippen LogP contribution in [0.25, 0.3) is 0 Å². The Kier molecular flexibility index (Phi) is 7.21. The first-order chi connectivity index (χ1) is 12.4. The van der Waals surface area contributed by atoms with Crippen LogP contribution in [-0.2, 0) is 22.6 Å². The number of carbonyl (C=O) groups is 2. The second-order valence-electron chi connectivity index (χ2n) is 6.70. The number of carboxylic acids is 1. The molecule has 1 amide bonds. The molecule has 0 aliphatic heterocycles. The summed E-state index contributed by atoms with van der Waals surface area (Å²) in [4.78, 5) is 23.2. The third-order valence-corrected chi connectivity index (χ3v) is 3.91. The second kappa shape index (κ2) is 9.61. The molecule has 2 N–H and O–H groups in total. The lowest BCUT2D eigenvalue weighted by molar-refractivity contribution is -0.137. The molecule has 0 aromatic heterocycles. The molecule has 5 heteroatoms. The highest BCUT2D eigenvalue weighted by Crippen LogP contribution is 2.19. The summed E-state index contributed by atoms with van der Waals surface area (Å²) in [6, 6.07) is 16.4. The number of benzene rings is 2. The van der Waals surface area contributed by atoms with Crippen molar-refractivity contribution in [1.82, 2.24) is 5.32 Å². The van der Waals surface area contributed by atoms with Crippen LogP contribution in [0.15, 0.2) is 54.6 Å². The zero-order valence-corrected chi connectivity index (χ0v) is 15.1. The fourth-order valence-corrected chi connectivity index (χ4v) is 2.69. The predicted octanol–water partition coefficient (Wildman–Crippen LogP) is 4.33. The highest BCUT2D eigenvalue weighted by molar-refractivity contribution is 5.72. The minimum atomic E-state index is -0.982. The van der Waals surface area contributed by atoms with Gasteiger partial charge >= 0.3 is 12.1 Å². The smallest absolute Gasteiger partial charge is 0.407 e. The third kappa shape index (κ3) is 6.59. The molecule has 138 valence electrons. The van der Waals surface area contributed by atoms with Crippen molar-refractivity contribution < 1.29 is 19.4 Å². The first kappa shape index (κ1) is 19.5. The number of ether oxygens (including phenoxy) is 1. The van der Waals surface area contributed by atoms with Crippen LogP contribution in [0.5, 0.6) is 0 Å². The molecule has 2 aromatic rings. The van der Waals surface area contributed by atoms with Gasteiger partial charge in [0.25, 0.3) is 0 Å². The van der Waals surface area contributed by atoms with Crippen molar-refractivity contribution in [2.24, 2.45) is 5.92 Å². The molecule has 0 saturated heterocycles. The molecular formula is C21H25NO4. The number of rotatable bonds is 8. The van der Waals surface area contributed by atoms with Crippen LogP contribution in [0.2, 0.25) is 0 Å². The Bertz CT molecular complexity index is 711. The fraction of sp³-hybridized carbons (Fsp3) is 0.333. The molecule has 0 bridgehead atoms. The summed E-state index contributed by atoms with van der Waals surface area (Å²) >= 11 is 0. The predicted molar refractivity (Wildman–Crippen MR) is 99.7 cm³/mol. The molecule has 5 nitrogen and oxygen atoms in total. The SMILES string of the molecule is CC(C)Cc1ccc([C@H](CC(=O)O)NC(=O)OCc2ccccc2)cc1. The molecule has 0 aliphatic carbocycles. The van der Waals surface area contributed by atoms with Gasteiger partial charge in [-0.2, -0.15) is 0 Å². The van der Waals surface area contributed by atoms with E-state index in [4.69, 9.17) is 9.84 Å². The minimum Gasteiger partial charge on any atom is -0.481 e.